The molecule has 1 N–H and O–H groups in total. The van der Waals surface area contributed by atoms with Gasteiger partial charge in [-0.05, 0) is 18.3 Å². The van der Waals surface area contributed by atoms with Crippen molar-refractivity contribution >= 4 is 5.97 Å². The Labute approximate surface area is 98.2 Å². The third-order valence-corrected chi connectivity index (χ3v) is 3.28. The van der Waals surface area contributed by atoms with Crippen LogP contribution in [-0.4, -0.2) is 23.3 Å². The van der Waals surface area contributed by atoms with Crippen LogP contribution in [0.5, 0.6) is 0 Å². The molecule has 3 heteroatoms. The predicted octanol–water partition coefficient (Wildman–Crippen LogP) is 2.52. The maximum Gasteiger partial charge on any atom is 0.308 e. The van der Waals surface area contributed by atoms with Gasteiger partial charge < -0.3 is 9.84 Å². The van der Waals surface area contributed by atoms with Crippen LogP contribution in [0.1, 0.15) is 53.9 Å². The van der Waals surface area contributed by atoms with Gasteiger partial charge in [0.25, 0.3) is 0 Å². The zero-order chi connectivity index (χ0) is 12.6. The summed E-state index contributed by atoms with van der Waals surface area (Å²) in [6.07, 6.45) is 1.90. The Morgan fingerprint density at radius 2 is 1.88 bits per heavy atom. The minimum atomic E-state index is -0.308. The average Bonchev–Trinajstić information content (AvgIpc) is 2.46. The Hall–Kier alpha value is -0.570. The van der Waals surface area contributed by atoms with Gasteiger partial charge in [0.1, 0.15) is 5.60 Å². The fraction of sp³-hybridized carbons (Fsp3) is 0.923. The molecule has 0 amide bonds. The maximum absolute atomic E-state index is 11.5. The van der Waals surface area contributed by atoms with E-state index in [1.807, 2.05) is 0 Å². The summed E-state index contributed by atoms with van der Waals surface area (Å²) in [7, 11) is 0. The first-order chi connectivity index (χ1) is 7.12. The van der Waals surface area contributed by atoms with Crippen LogP contribution in [0, 0.1) is 10.8 Å². The second-order valence-electron chi connectivity index (χ2n) is 6.74. The van der Waals surface area contributed by atoms with E-state index in [4.69, 9.17) is 9.84 Å². The number of hydrogen-bond donors (Lipinski definition) is 1. The molecule has 0 saturated heterocycles. The van der Waals surface area contributed by atoms with Gasteiger partial charge >= 0.3 is 5.97 Å². The molecule has 1 rings (SSSR count). The summed E-state index contributed by atoms with van der Waals surface area (Å²) in [5.41, 5.74) is -0.0871. The predicted molar refractivity (Wildman–Crippen MR) is 63.0 cm³/mol. The van der Waals surface area contributed by atoms with E-state index < -0.39 is 0 Å². The van der Waals surface area contributed by atoms with E-state index in [0.29, 0.717) is 0 Å². The van der Waals surface area contributed by atoms with Crippen molar-refractivity contribution in [3.05, 3.63) is 0 Å². The van der Waals surface area contributed by atoms with Crippen molar-refractivity contribution in [2.45, 2.75) is 59.5 Å². The molecule has 1 saturated carbocycles. The lowest BCUT2D eigenvalue weighted by atomic mass is 9.85. The van der Waals surface area contributed by atoms with Crippen molar-refractivity contribution < 1.29 is 14.6 Å². The van der Waals surface area contributed by atoms with Crippen molar-refractivity contribution in [3.63, 3.8) is 0 Å². The number of ether oxygens (including phenoxy) is 1. The molecule has 0 aromatic carbocycles. The van der Waals surface area contributed by atoms with Gasteiger partial charge in [-0.25, -0.2) is 0 Å². The van der Waals surface area contributed by atoms with E-state index in [1.165, 1.54) is 0 Å². The molecule has 0 bridgehead atoms. The van der Waals surface area contributed by atoms with Crippen LogP contribution in [0.15, 0.2) is 0 Å². The SMILES string of the molecule is CC(C)(C)CC1(OC(=O)CCO)CC1(C)C. The molecular formula is C13H24O3. The van der Waals surface area contributed by atoms with Gasteiger partial charge in [-0.1, -0.05) is 34.6 Å². The molecule has 1 fully saturated rings. The molecular weight excluding hydrogens is 204 g/mol. The van der Waals surface area contributed by atoms with Crippen LogP contribution in [-0.2, 0) is 9.53 Å². The standard InChI is InChI=1S/C13H24O3/c1-11(2,3)8-13(9-12(13,4)5)16-10(15)6-7-14/h14H,6-9H2,1-5H3. The number of esters is 1. The van der Waals surface area contributed by atoms with Crippen LogP contribution in [0.25, 0.3) is 0 Å². The molecule has 16 heavy (non-hydrogen) atoms. The van der Waals surface area contributed by atoms with E-state index in [2.05, 4.69) is 34.6 Å². The van der Waals surface area contributed by atoms with Gasteiger partial charge in [0.15, 0.2) is 0 Å². The average molecular weight is 228 g/mol. The molecule has 0 heterocycles. The summed E-state index contributed by atoms with van der Waals surface area (Å²) >= 11 is 0. The first-order valence-electron chi connectivity index (χ1n) is 5.95. The number of carbonyl (C=O) groups excluding carboxylic acids is 1. The number of rotatable bonds is 4. The maximum atomic E-state index is 11.5. The van der Waals surface area contributed by atoms with E-state index >= 15 is 0 Å². The molecule has 0 aromatic heterocycles. The zero-order valence-electron chi connectivity index (χ0n) is 11.1. The van der Waals surface area contributed by atoms with E-state index in [0.717, 1.165) is 12.8 Å². The Balaban J connectivity index is 2.66. The van der Waals surface area contributed by atoms with Gasteiger partial charge in [0.2, 0.25) is 0 Å². The van der Waals surface area contributed by atoms with Crippen molar-refractivity contribution in [1.29, 1.82) is 0 Å². The lowest BCUT2D eigenvalue weighted by Gasteiger charge is -2.29. The molecule has 1 aliphatic rings. The quantitative estimate of drug-likeness (QED) is 0.752. The fourth-order valence-electron chi connectivity index (χ4n) is 2.40. The molecule has 1 unspecified atom stereocenters. The third-order valence-electron chi connectivity index (χ3n) is 3.28. The van der Waals surface area contributed by atoms with Crippen molar-refractivity contribution in [3.8, 4) is 0 Å². The summed E-state index contributed by atoms with van der Waals surface area (Å²) in [5.74, 6) is -0.280. The van der Waals surface area contributed by atoms with Crippen LogP contribution >= 0.6 is 0 Å². The third kappa shape index (κ3) is 2.97. The zero-order valence-corrected chi connectivity index (χ0v) is 11.1. The van der Waals surface area contributed by atoms with Crippen molar-refractivity contribution in [1.82, 2.24) is 0 Å². The molecule has 1 atom stereocenters. The number of hydrogen-bond acceptors (Lipinski definition) is 3. The highest BCUT2D eigenvalue weighted by atomic mass is 16.6. The topological polar surface area (TPSA) is 46.5 Å². The fourth-order valence-corrected chi connectivity index (χ4v) is 2.40. The summed E-state index contributed by atoms with van der Waals surface area (Å²) in [6, 6.07) is 0. The largest absolute Gasteiger partial charge is 0.458 e. The molecule has 0 radical (unpaired) electrons. The van der Waals surface area contributed by atoms with E-state index in [1.54, 1.807) is 0 Å². The lowest BCUT2D eigenvalue weighted by molar-refractivity contribution is -0.156. The Morgan fingerprint density at radius 3 is 2.19 bits per heavy atom. The van der Waals surface area contributed by atoms with Crippen LogP contribution in [0.2, 0.25) is 0 Å². The molecule has 94 valence electrons. The molecule has 1 aliphatic carbocycles. The smallest absolute Gasteiger partial charge is 0.308 e. The highest BCUT2D eigenvalue weighted by Crippen LogP contribution is 2.62. The summed E-state index contributed by atoms with van der Waals surface area (Å²) < 4.78 is 5.58. The minimum absolute atomic E-state index is 0.0748. The van der Waals surface area contributed by atoms with Gasteiger partial charge in [0.05, 0.1) is 13.0 Å². The monoisotopic (exact) mass is 228 g/mol. The highest BCUT2D eigenvalue weighted by molar-refractivity contribution is 5.70. The Kier molecular flexibility index (Phi) is 3.39. The first kappa shape index (κ1) is 13.5. The Bertz CT molecular complexity index is 275. The molecule has 3 nitrogen and oxygen atoms in total. The van der Waals surface area contributed by atoms with Gasteiger partial charge in [0, 0.05) is 5.41 Å². The van der Waals surface area contributed by atoms with E-state index in [9.17, 15) is 4.79 Å². The summed E-state index contributed by atoms with van der Waals surface area (Å²) in [4.78, 5) is 11.5. The molecule has 0 spiro atoms. The van der Waals surface area contributed by atoms with Crippen molar-refractivity contribution in [2.24, 2.45) is 10.8 Å². The Morgan fingerprint density at radius 1 is 1.38 bits per heavy atom. The second kappa shape index (κ2) is 4.02. The summed E-state index contributed by atoms with van der Waals surface area (Å²) in [6.45, 7) is 10.6. The van der Waals surface area contributed by atoms with Gasteiger partial charge in [-0.15, -0.1) is 0 Å². The summed E-state index contributed by atoms with van der Waals surface area (Å²) in [5, 5.41) is 8.72. The number of carbonyl (C=O) groups is 1. The van der Waals surface area contributed by atoms with Gasteiger partial charge in [-0.2, -0.15) is 0 Å². The van der Waals surface area contributed by atoms with E-state index in [-0.39, 0.29) is 35.4 Å². The lowest BCUT2D eigenvalue weighted by Crippen LogP contribution is -2.30. The highest BCUT2D eigenvalue weighted by Gasteiger charge is 2.65. The van der Waals surface area contributed by atoms with Crippen LogP contribution < -0.4 is 0 Å². The van der Waals surface area contributed by atoms with Crippen LogP contribution in [0.4, 0.5) is 0 Å². The van der Waals surface area contributed by atoms with Crippen molar-refractivity contribution in [2.75, 3.05) is 6.61 Å². The minimum Gasteiger partial charge on any atom is -0.458 e. The van der Waals surface area contributed by atoms with Gasteiger partial charge in [-0.3, -0.25) is 4.79 Å². The number of aliphatic hydroxyl groups excluding tert-OH is 1. The number of aliphatic hydroxyl groups is 1. The van der Waals surface area contributed by atoms with Crippen LogP contribution in [0.3, 0.4) is 0 Å². The second-order valence-corrected chi connectivity index (χ2v) is 6.74. The molecule has 0 aliphatic heterocycles. The molecule has 0 aromatic rings. The first-order valence-corrected chi connectivity index (χ1v) is 5.95. The normalized spacial score (nSPS) is 27.6.